The van der Waals surface area contributed by atoms with Crippen molar-refractivity contribution in [1.82, 2.24) is 0 Å². The first-order valence-electron chi connectivity index (χ1n) is 37.2. The third-order valence-electron chi connectivity index (χ3n) is 21.8. The summed E-state index contributed by atoms with van der Waals surface area (Å²) in [6.45, 7) is 55.2. The van der Waals surface area contributed by atoms with Gasteiger partial charge in [0.2, 0.25) is 18.9 Å². The molecule has 1 radical (unpaired) electrons. The smallest absolute Gasteiger partial charge is 0.494 e. The average Bonchev–Trinajstić information content (AvgIpc) is 1.82. The summed E-state index contributed by atoms with van der Waals surface area (Å²) in [7, 11) is -1.44. The summed E-state index contributed by atoms with van der Waals surface area (Å²) in [5.74, 6) is -1.70. The van der Waals surface area contributed by atoms with E-state index in [0.29, 0.717) is 11.5 Å². The van der Waals surface area contributed by atoms with E-state index in [1.807, 2.05) is 190 Å². The molecule has 0 spiro atoms. The van der Waals surface area contributed by atoms with Gasteiger partial charge in [0.25, 0.3) is 0 Å². The summed E-state index contributed by atoms with van der Waals surface area (Å²) in [5, 5.41) is 8.97. The third-order valence-corrected chi connectivity index (χ3v) is 22.7. The van der Waals surface area contributed by atoms with Crippen molar-refractivity contribution in [2.24, 2.45) is 35.5 Å². The molecule has 617 valence electrons. The van der Waals surface area contributed by atoms with Gasteiger partial charge in [-0.2, -0.15) is 12.1 Å². The third kappa shape index (κ3) is 26.9. The number of hydrogen-bond donors (Lipinski definition) is 1. The Morgan fingerprint density at radius 2 is 0.667 bits per heavy atom. The molecular formula is C79H118B3Br2O26Y-. The first-order chi connectivity index (χ1) is 50.5. The van der Waals surface area contributed by atoms with Crippen molar-refractivity contribution < 1.29 is 156 Å². The van der Waals surface area contributed by atoms with Crippen molar-refractivity contribution in [2.75, 3.05) is 19.8 Å². The number of phenolic OH excluding ortho intramolecular Hbond substituents is 1. The maximum atomic E-state index is 11.9. The van der Waals surface area contributed by atoms with Crippen molar-refractivity contribution in [3.8, 4) is 17.2 Å². The second kappa shape index (κ2) is 40.9. The maximum absolute atomic E-state index is 11.9. The van der Waals surface area contributed by atoms with Crippen LogP contribution in [0.15, 0.2) is 45.3 Å². The quantitative estimate of drug-likeness (QED) is 0.0603. The normalized spacial score (nSPS) is 28.1. The van der Waals surface area contributed by atoms with Crippen LogP contribution in [0.3, 0.4) is 0 Å². The van der Waals surface area contributed by atoms with Gasteiger partial charge in [0.15, 0.2) is 18.3 Å². The fourth-order valence-corrected chi connectivity index (χ4v) is 13.8. The molecule has 6 saturated heterocycles. The summed E-state index contributed by atoms with van der Waals surface area (Å²) in [5.41, 5.74) is 3.06. The van der Waals surface area contributed by atoms with Crippen LogP contribution in [-0.4, -0.2) is 177 Å². The van der Waals surface area contributed by atoms with Crippen LogP contribution >= 0.6 is 31.9 Å². The standard InChI is InChI=1S/C26H39BO8.C20H27BrO6.C14H22O7.C12H24B2O4.C7H6BrO.Y/c1-14-11-20(27-34-25(7,8)26(9,10)35-27)12-15(2)22(14)33-24-23(31-19(6)29)17(4)16(3)21(32-24)13-30-18(5)28;1-10-7-16(21)8-11(2)18(10)27-20-19(25-15(6)23)13(4)12(3)17(26-20)9-24-14(5)22;1-7-8(2)13(19-10(4)16)14(20-11(5)17)21-12(7)6-18-9(3)15;1-9(2)10(3,4)16-13(15-9)14-17-11(5,6)12(7,8)18-14;1-5-4-6(8)2-3-7(5)9;/h11-12,16-17,21,23-24H,13H2,1-10H3;7-8,12-13,17,19-20H,9H2,1-6H3;7-8,12-14H,6H2,1-5H3;1-8H3;2,4,9H,1H3;/q;;;;-1;/t16-,17-,21?,23?,24+;12-,13-,17?,19?,20+;7-,8-,12?,13?,14-;;;/m000.../s1. The minimum absolute atomic E-state index is 0. The zero-order valence-corrected chi connectivity index (χ0v) is 76.5. The van der Waals surface area contributed by atoms with E-state index >= 15 is 0 Å². The molecule has 15 atom stereocenters. The van der Waals surface area contributed by atoms with E-state index in [4.69, 9.17) is 89.9 Å². The van der Waals surface area contributed by atoms with E-state index in [9.17, 15) is 33.6 Å². The number of carbonyl (C=O) groups excluding carboxylic acids is 7. The molecule has 0 bridgehead atoms. The zero-order chi connectivity index (χ0) is 83.6. The predicted octanol–water partition coefficient (Wildman–Crippen LogP) is 13.0. The summed E-state index contributed by atoms with van der Waals surface area (Å²) in [4.78, 5) is 79.3. The van der Waals surface area contributed by atoms with Crippen molar-refractivity contribution in [2.45, 2.75) is 297 Å². The van der Waals surface area contributed by atoms with Gasteiger partial charge >= 0.3 is 62.9 Å². The average molecular weight is 1760 g/mol. The van der Waals surface area contributed by atoms with Crippen LogP contribution in [0, 0.1) is 76.2 Å². The van der Waals surface area contributed by atoms with Gasteiger partial charge in [-0.25, -0.2) is 0 Å². The van der Waals surface area contributed by atoms with Crippen molar-refractivity contribution in [3.63, 3.8) is 0 Å². The molecule has 111 heavy (non-hydrogen) atoms. The molecule has 3 aromatic carbocycles. The Morgan fingerprint density at radius 1 is 0.396 bits per heavy atom. The molecule has 6 heterocycles. The summed E-state index contributed by atoms with van der Waals surface area (Å²) >= 11 is 6.73. The number of ether oxygens (including phenoxy) is 12. The van der Waals surface area contributed by atoms with Gasteiger partial charge in [0.1, 0.15) is 31.3 Å². The first-order valence-corrected chi connectivity index (χ1v) is 38.8. The number of halogens is 2. The molecule has 26 nitrogen and oxygen atoms in total. The van der Waals surface area contributed by atoms with Crippen molar-refractivity contribution in [1.29, 1.82) is 0 Å². The topological polar surface area (TPSA) is 306 Å². The van der Waals surface area contributed by atoms with Crippen LogP contribution in [0.2, 0.25) is 0 Å². The molecule has 6 aliphatic rings. The Balaban J connectivity index is 0.000000307. The van der Waals surface area contributed by atoms with Crippen molar-refractivity contribution >= 4 is 100 Å². The second-order valence-electron chi connectivity index (χ2n) is 32.3. The molecule has 6 fully saturated rings. The SMILES string of the molecule is CC(=O)OCC1O[C@H](OC(C)=O)C(OC(C)=O)[C@@H](C)[C@@H]1C.CC(=O)OCC1O[C@H](Oc2c(C)cc(B3OC(C)(C)C(C)(C)O3)cc2C)C(OC(C)=O)[C@@H](C)[C@@H]1C.CC(=O)OCC1O[C@H](Oc2c(C)cc(Br)cc2C)C(OC(C)=O)[C@@H](C)[C@@H]1C.CC1(C)OB(B2OC(C)(C)C(C)(C)O2)OC1(C)C.Cc1cc(Br)c[c-]c1O.[Y]. The predicted molar refractivity (Wildman–Crippen MR) is 417 cm³/mol. The summed E-state index contributed by atoms with van der Waals surface area (Å²) < 4.78 is 105. The molecule has 0 aromatic heterocycles. The van der Waals surface area contributed by atoms with Crippen LogP contribution in [0.5, 0.6) is 17.2 Å². The van der Waals surface area contributed by atoms with Gasteiger partial charge in [-0.1, -0.05) is 81.0 Å². The Morgan fingerprint density at radius 3 is 0.946 bits per heavy atom. The van der Waals surface area contributed by atoms with Gasteiger partial charge < -0.3 is 89.9 Å². The largest absolute Gasteiger partial charge is 0.534 e. The van der Waals surface area contributed by atoms with E-state index in [0.717, 1.165) is 42.2 Å². The van der Waals surface area contributed by atoms with E-state index in [1.165, 1.54) is 48.5 Å². The number of aromatic hydroxyl groups is 1. The minimum Gasteiger partial charge on any atom is -0.534 e. The van der Waals surface area contributed by atoms with E-state index < -0.39 is 106 Å². The number of esters is 7. The number of phenols is 1. The van der Waals surface area contributed by atoms with Gasteiger partial charge in [0.05, 0.1) is 51.9 Å². The van der Waals surface area contributed by atoms with E-state index in [1.54, 1.807) is 6.07 Å². The van der Waals surface area contributed by atoms with E-state index in [2.05, 4.69) is 37.9 Å². The van der Waals surface area contributed by atoms with Crippen molar-refractivity contribution in [3.05, 3.63) is 79.2 Å². The molecule has 32 heteroatoms. The fraction of sp³-hybridized carbons (Fsp3) is 0.684. The number of benzene rings is 3. The van der Waals surface area contributed by atoms with Crippen LogP contribution in [0.25, 0.3) is 0 Å². The molecule has 0 amide bonds. The molecule has 6 unspecified atom stereocenters. The molecule has 9 rings (SSSR count). The molecule has 1 N–H and O–H groups in total. The number of hydrogen-bond acceptors (Lipinski definition) is 26. The molecular weight excluding hydrogens is 1650 g/mol. The Kier molecular flexibility index (Phi) is 36.3. The summed E-state index contributed by atoms with van der Waals surface area (Å²) in [6.07, 6.45) is -5.68. The van der Waals surface area contributed by atoms with Gasteiger partial charge in [0, 0.05) is 109 Å². The molecule has 3 aromatic rings. The summed E-state index contributed by atoms with van der Waals surface area (Å²) in [6, 6.07) is 14.1. The van der Waals surface area contributed by atoms with Crippen LogP contribution in [0.1, 0.15) is 201 Å². The first kappa shape index (κ1) is 98.6. The van der Waals surface area contributed by atoms with Crippen LogP contribution in [-0.2, 0) is 142 Å². The van der Waals surface area contributed by atoms with Gasteiger partial charge in [-0.15, -0.1) is 27.6 Å². The number of aryl methyl sites for hydroxylation is 5. The van der Waals surface area contributed by atoms with Crippen LogP contribution in [0.4, 0.5) is 0 Å². The maximum Gasteiger partial charge on any atom is 0.494 e. The number of carbonyl (C=O) groups is 7. The van der Waals surface area contributed by atoms with E-state index in [-0.39, 0.29) is 140 Å². The van der Waals surface area contributed by atoms with Gasteiger partial charge in [-0.05, 0) is 168 Å². The van der Waals surface area contributed by atoms with Gasteiger partial charge in [-0.3, -0.25) is 33.6 Å². The second-order valence-corrected chi connectivity index (χ2v) is 34.1. The molecule has 0 aliphatic carbocycles. The molecule has 6 aliphatic heterocycles. The Hall–Kier alpha value is -4.75. The Labute approximate surface area is 700 Å². The molecule has 0 saturated carbocycles. The Bertz CT molecular complexity index is 3550. The van der Waals surface area contributed by atoms with Crippen LogP contribution < -0.4 is 14.9 Å². The minimum atomic E-state index is -1.00. The zero-order valence-electron chi connectivity index (χ0n) is 70.5. The monoisotopic (exact) mass is 1760 g/mol. The fourth-order valence-electron chi connectivity index (χ4n) is 12.6. The number of rotatable bonds is 16.